The molecule has 2 aromatic rings. The van der Waals surface area contributed by atoms with Crippen LogP contribution < -0.4 is 0 Å². The summed E-state index contributed by atoms with van der Waals surface area (Å²) in [5, 5.41) is 5.82. The van der Waals surface area contributed by atoms with E-state index in [-0.39, 0.29) is 10.9 Å². The lowest BCUT2D eigenvalue weighted by molar-refractivity contribution is 0.302. The number of hydrogen-bond donors (Lipinski definition) is 0. The summed E-state index contributed by atoms with van der Waals surface area (Å²) in [7, 11) is -3.58. The van der Waals surface area contributed by atoms with Crippen LogP contribution in [0, 0.1) is 13.8 Å². The molecule has 1 atom stereocenters. The second kappa shape index (κ2) is 5.23. The van der Waals surface area contributed by atoms with Gasteiger partial charge >= 0.3 is 0 Å². The average molecular weight is 326 g/mol. The first-order valence-electron chi connectivity index (χ1n) is 6.97. The maximum Gasteiger partial charge on any atom is 0.249 e. The summed E-state index contributed by atoms with van der Waals surface area (Å²) in [5.41, 5.74) is 1.57. The molecule has 0 aromatic carbocycles. The molecule has 7 heteroatoms. The Bertz CT molecular complexity index is 742. The SMILES string of the molecule is CCC1c2ccsc2CCN1S(=O)(=O)c1c(C)noc1C. The van der Waals surface area contributed by atoms with Gasteiger partial charge in [0.2, 0.25) is 10.0 Å². The van der Waals surface area contributed by atoms with Crippen LogP contribution in [0.25, 0.3) is 0 Å². The molecule has 21 heavy (non-hydrogen) atoms. The lowest BCUT2D eigenvalue weighted by Gasteiger charge is -2.34. The largest absolute Gasteiger partial charge is 0.360 e. The molecule has 0 saturated carbocycles. The lowest BCUT2D eigenvalue weighted by Crippen LogP contribution is -2.39. The number of nitrogens with zero attached hydrogens (tertiary/aromatic N) is 2. The van der Waals surface area contributed by atoms with Crippen molar-refractivity contribution in [3.05, 3.63) is 33.3 Å². The van der Waals surface area contributed by atoms with Crippen LogP contribution in [0.2, 0.25) is 0 Å². The monoisotopic (exact) mass is 326 g/mol. The third-order valence-electron chi connectivity index (χ3n) is 3.97. The second-order valence-corrected chi connectivity index (χ2v) is 8.07. The van der Waals surface area contributed by atoms with E-state index in [1.54, 1.807) is 29.5 Å². The van der Waals surface area contributed by atoms with Gasteiger partial charge in [-0.25, -0.2) is 8.42 Å². The quantitative estimate of drug-likeness (QED) is 0.869. The van der Waals surface area contributed by atoms with Crippen LogP contribution in [0.4, 0.5) is 0 Å². The Balaban J connectivity index is 2.08. The highest BCUT2D eigenvalue weighted by Gasteiger charge is 2.38. The van der Waals surface area contributed by atoms with Crippen LogP contribution in [-0.4, -0.2) is 24.4 Å². The van der Waals surface area contributed by atoms with Gasteiger partial charge < -0.3 is 4.52 Å². The normalized spacial score (nSPS) is 19.7. The summed E-state index contributed by atoms with van der Waals surface area (Å²) in [6.45, 7) is 5.85. The molecule has 5 nitrogen and oxygen atoms in total. The molecule has 0 radical (unpaired) electrons. The van der Waals surface area contributed by atoms with Gasteiger partial charge in [-0.1, -0.05) is 12.1 Å². The lowest BCUT2D eigenvalue weighted by atomic mass is 10.0. The van der Waals surface area contributed by atoms with E-state index in [0.29, 0.717) is 18.0 Å². The molecule has 0 saturated heterocycles. The molecular weight excluding hydrogens is 308 g/mol. The minimum atomic E-state index is -3.58. The number of fused-ring (bicyclic) bond motifs is 1. The van der Waals surface area contributed by atoms with Gasteiger partial charge in [0.05, 0.1) is 6.04 Å². The topological polar surface area (TPSA) is 63.4 Å². The zero-order valence-electron chi connectivity index (χ0n) is 12.3. The van der Waals surface area contributed by atoms with Crippen molar-refractivity contribution >= 4 is 21.4 Å². The minimum absolute atomic E-state index is 0.0984. The van der Waals surface area contributed by atoms with E-state index in [4.69, 9.17) is 4.52 Å². The molecule has 0 fully saturated rings. The van der Waals surface area contributed by atoms with Crippen molar-refractivity contribution in [1.29, 1.82) is 0 Å². The molecule has 0 amide bonds. The number of hydrogen-bond acceptors (Lipinski definition) is 5. The van der Waals surface area contributed by atoms with Crippen LogP contribution in [0.5, 0.6) is 0 Å². The van der Waals surface area contributed by atoms with E-state index >= 15 is 0 Å². The van der Waals surface area contributed by atoms with Gasteiger partial charge in [0.15, 0.2) is 5.76 Å². The third kappa shape index (κ3) is 2.23. The molecule has 0 N–H and O–H groups in total. The van der Waals surface area contributed by atoms with Gasteiger partial charge in [-0.05, 0) is 43.7 Å². The Morgan fingerprint density at radius 3 is 2.86 bits per heavy atom. The summed E-state index contributed by atoms with van der Waals surface area (Å²) >= 11 is 1.71. The van der Waals surface area contributed by atoms with Crippen LogP contribution >= 0.6 is 11.3 Å². The molecule has 1 aliphatic rings. The Labute approximate surface area is 128 Å². The summed E-state index contributed by atoms with van der Waals surface area (Å²) in [6, 6.07) is 1.95. The predicted molar refractivity (Wildman–Crippen MR) is 80.9 cm³/mol. The summed E-state index contributed by atoms with van der Waals surface area (Å²) in [6.07, 6.45) is 1.53. The highest BCUT2D eigenvalue weighted by atomic mass is 32.2. The molecule has 0 spiro atoms. The van der Waals surface area contributed by atoms with Crippen LogP contribution in [0.1, 0.15) is 41.3 Å². The van der Waals surface area contributed by atoms with E-state index in [1.807, 2.05) is 18.4 Å². The van der Waals surface area contributed by atoms with E-state index in [2.05, 4.69) is 5.16 Å². The average Bonchev–Trinajstić information content (AvgIpc) is 3.04. The second-order valence-electron chi connectivity index (χ2n) is 5.24. The fourth-order valence-electron chi connectivity index (χ4n) is 3.04. The van der Waals surface area contributed by atoms with Crippen LogP contribution in [-0.2, 0) is 16.4 Å². The van der Waals surface area contributed by atoms with Crippen molar-refractivity contribution in [2.75, 3.05) is 6.54 Å². The molecule has 3 heterocycles. The Kier molecular flexibility index (Phi) is 3.67. The molecule has 3 rings (SSSR count). The summed E-state index contributed by atoms with van der Waals surface area (Å²) in [4.78, 5) is 1.52. The number of rotatable bonds is 3. The van der Waals surface area contributed by atoms with Crippen molar-refractivity contribution in [2.24, 2.45) is 0 Å². The fourth-order valence-corrected chi connectivity index (χ4v) is 5.95. The number of aromatic nitrogens is 1. The maximum atomic E-state index is 13.0. The smallest absolute Gasteiger partial charge is 0.249 e. The Morgan fingerprint density at radius 2 is 2.24 bits per heavy atom. The number of sulfonamides is 1. The molecule has 0 aliphatic carbocycles. The van der Waals surface area contributed by atoms with Gasteiger partial charge in [0.25, 0.3) is 0 Å². The van der Waals surface area contributed by atoms with E-state index in [0.717, 1.165) is 18.4 Å². The van der Waals surface area contributed by atoms with Gasteiger partial charge in [-0.2, -0.15) is 4.31 Å². The predicted octanol–water partition coefficient (Wildman–Crippen LogP) is 3.05. The van der Waals surface area contributed by atoms with Gasteiger partial charge in [0.1, 0.15) is 10.6 Å². The molecule has 2 aromatic heterocycles. The Morgan fingerprint density at radius 1 is 1.48 bits per heavy atom. The maximum absolute atomic E-state index is 13.0. The standard InChI is InChI=1S/C14H18N2O3S2/c1-4-12-11-6-8-20-13(11)5-7-16(12)21(17,18)14-9(2)15-19-10(14)3/h6,8,12H,4-5,7H2,1-3H3. The van der Waals surface area contributed by atoms with Crippen LogP contribution in [0.3, 0.4) is 0 Å². The van der Waals surface area contributed by atoms with Gasteiger partial charge in [-0.15, -0.1) is 11.3 Å². The molecule has 0 bridgehead atoms. The van der Waals surface area contributed by atoms with Crippen molar-refractivity contribution in [1.82, 2.24) is 9.46 Å². The number of aryl methyl sites for hydroxylation is 2. The fraction of sp³-hybridized carbons (Fsp3) is 0.500. The third-order valence-corrected chi connectivity index (χ3v) is 7.12. The van der Waals surface area contributed by atoms with Crippen molar-refractivity contribution in [3.63, 3.8) is 0 Å². The first kappa shape index (κ1) is 14.7. The molecular formula is C14H18N2O3S2. The van der Waals surface area contributed by atoms with E-state index in [9.17, 15) is 8.42 Å². The van der Waals surface area contributed by atoms with Crippen molar-refractivity contribution in [3.8, 4) is 0 Å². The molecule has 1 unspecified atom stereocenters. The highest BCUT2D eigenvalue weighted by Crippen LogP contribution is 2.39. The van der Waals surface area contributed by atoms with Gasteiger partial charge in [-0.3, -0.25) is 0 Å². The van der Waals surface area contributed by atoms with Crippen LogP contribution in [0.15, 0.2) is 20.9 Å². The van der Waals surface area contributed by atoms with Gasteiger partial charge in [0, 0.05) is 11.4 Å². The zero-order chi connectivity index (χ0) is 15.2. The molecule has 114 valence electrons. The summed E-state index contributed by atoms with van der Waals surface area (Å²) in [5.74, 6) is 0.360. The van der Waals surface area contributed by atoms with E-state index in [1.165, 1.54) is 4.88 Å². The first-order chi connectivity index (χ1) is 9.96. The highest BCUT2D eigenvalue weighted by molar-refractivity contribution is 7.89. The Hall–Kier alpha value is -1.18. The van der Waals surface area contributed by atoms with Crippen molar-refractivity contribution < 1.29 is 12.9 Å². The number of thiophene rings is 1. The molecule has 1 aliphatic heterocycles. The van der Waals surface area contributed by atoms with Crippen molar-refractivity contribution in [2.45, 2.75) is 44.6 Å². The summed E-state index contributed by atoms with van der Waals surface area (Å²) < 4.78 is 32.7. The van der Waals surface area contributed by atoms with E-state index < -0.39 is 10.0 Å². The first-order valence-corrected chi connectivity index (χ1v) is 9.29. The minimum Gasteiger partial charge on any atom is -0.360 e. The zero-order valence-corrected chi connectivity index (χ0v) is 13.9.